The molecule has 0 radical (unpaired) electrons. The number of H-pyrrole nitrogens is 1. The number of aryl methyl sites for hydroxylation is 1. The van der Waals surface area contributed by atoms with Crippen LogP contribution in [0, 0.1) is 5.82 Å². The zero-order valence-corrected chi connectivity index (χ0v) is 20.1. The van der Waals surface area contributed by atoms with E-state index in [9.17, 15) is 9.59 Å². The quantitative estimate of drug-likeness (QED) is 0.311. The Morgan fingerprint density at radius 1 is 1.35 bits per heavy atom. The molecule has 1 aliphatic heterocycles. The van der Waals surface area contributed by atoms with Crippen LogP contribution in [-0.4, -0.2) is 61.2 Å². The molecule has 190 valence electrons. The van der Waals surface area contributed by atoms with Crippen LogP contribution >= 0.6 is 0 Å². The summed E-state index contributed by atoms with van der Waals surface area (Å²) in [7, 11) is 0. The summed E-state index contributed by atoms with van der Waals surface area (Å²) in [4.78, 5) is 34.2. The second kappa shape index (κ2) is 10.2. The van der Waals surface area contributed by atoms with Gasteiger partial charge in [-0.15, -0.1) is 0 Å². The van der Waals surface area contributed by atoms with Crippen molar-refractivity contribution >= 4 is 28.7 Å². The van der Waals surface area contributed by atoms with E-state index in [4.69, 9.17) is 4.52 Å². The molecule has 2 amide bonds. The molecule has 4 heterocycles. The molecule has 1 saturated heterocycles. The van der Waals surface area contributed by atoms with E-state index in [1.165, 1.54) is 12.1 Å². The third-order valence-corrected chi connectivity index (χ3v) is 6.25. The molecule has 1 aromatic carbocycles. The van der Waals surface area contributed by atoms with Gasteiger partial charge in [0, 0.05) is 43.9 Å². The minimum Gasteiger partial charge on any atom is -0.363 e. The number of nitrogens with one attached hydrogen (secondary N) is 3. The first-order chi connectivity index (χ1) is 18.0. The van der Waals surface area contributed by atoms with Crippen molar-refractivity contribution < 1.29 is 18.5 Å². The fourth-order valence-electron chi connectivity index (χ4n) is 4.30. The Morgan fingerprint density at radius 2 is 2.22 bits per heavy atom. The van der Waals surface area contributed by atoms with Crippen LogP contribution in [0.3, 0.4) is 0 Å². The maximum atomic E-state index is 15.1. The molecule has 37 heavy (non-hydrogen) atoms. The Morgan fingerprint density at radius 3 is 2.97 bits per heavy atom. The van der Waals surface area contributed by atoms with E-state index in [1.807, 2.05) is 6.92 Å². The van der Waals surface area contributed by atoms with Crippen LogP contribution in [0.4, 0.5) is 10.2 Å². The summed E-state index contributed by atoms with van der Waals surface area (Å²) in [5.41, 5.74) is 2.24. The van der Waals surface area contributed by atoms with Crippen LogP contribution in [-0.2, 0) is 17.8 Å². The number of hydrogen-bond acceptors (Lipinski definition) is 8. The van der Waals surface area contributed by atoms with Crippen LogP contribution in [0.5, 0.6) is 0 Å². The van der Waals surface area contributed by atoms with E-state index in [0.29, 0.717) is 48.0 Å². The molecule has 4 aromatic rings. The first-order valence-electron chi connectivity index (χ1n) is 11.9. The summed E-state index contributed by atoms with van der Waals surface area (Å²) in [5, 5.41) is 17.6. The average molecular weight is 505 g/mol. The molecule has 0 aliphatic carbocycles. The molecule has 1 atom stereocenters. The highest BCUT2D eigenvalue weighted by atomic mass is 19.1. The lowest BCUT2D eigenvalue weighted by Crippen LogP contribution is -2.30. The number of pyridine rings is 1. The van der Waals surface area contributed by atoms with E-state index in [0.717, 1.165) is 17.4 Å². The number of aromatic nitrogens is 5. The maximum absolute atomic E-state index is 15.1. The van der Waals surface area contributed by atoms with Crippen LogP contribution in [0.1, 0.15) is 35.4 Å². The molecule has 1 fully saturated rings. The number of amides is 2. The lowest BCUT2D eigenvalue weighted by Gasteiger charge is -2.15. The number of carbonyl (C=O) groups is 2. The van der Waals surface area contributed by atoms with Gasteiger partial charge in [-0.3, -0.25) is 14.7 Å². The standard InChI is InChI=1S/C25H25FN8O3/c1-3-19-30-24(33-37-19)25(36)28-12-15-6-5-14(11-18(15)26)17-7-9-27-22-21(17)23(32-31-22)29-16-8-10-34(13-16)20(35)4-2/h4-7,9,11,16H,2-3,8,10,12-13H2,1H3,(H,28,36)(H2,27,29,31,32)/t16-/m1/s1. The van der Waals surface area contributed by atoms with Crippen molar-refractivity contribution in [2.75, 3.05) is 18.4 Å². The summed E-state index contributed by atoms with van der Waals surface area (Å²) in [6.07, 6.45) is 4.22. The Labute approximate surface area is 211 Å². The van der Waals surface area contributed by atoms with Crippen LogP contribution in [0.15, 0.2) is 47.6 Å². The van der Waals surface area contributed by atoms with Gasteiger partial charge in [0.05, 0.1) is 5.39 Å². The number of carbonyl (C=O) groups excluding carboxylic acids is 2. The molecule has 0 spiro atoms. The molecule has 0 saturated carbocycles. The Hall–Kier alpha value is -4.61. The second-order valence-electron chi connectivity index (χ2n) is 8.63. The van der Waals surface area contributed by atoms with Gasteiger partial charge in [-0.25, -0.2) is 9.37 Å². The number of likely N-dealkylation sites (tertiary alicyclic amines) is 1. The molecule has 1 aliphatic rings. The minimum atomic E-state index is -0.544. The molecular formula is C25H25FN8O3. The summed E-state index contributed by atoms with van der Waals surface area (Å²) in [6, 6.07) is 6.62. The normalized spacial score (nSPS) is 15.2. The van der Waals surface area contributed by atoms with Crippen molar-refractivity contribution in [3.8, 4) is 11.1 Å². The highest BCUT2D eigenvalue weighted by Crippen LogP contribution is 2.33. The van der Waals surface area contributed by atoms with E-state index in [1.54, 1.807) is 29.3 Å². The van der Waals surface area contributed by atoms with Crippen molar-refractivity contribution in [1.29, 1.82) is 0 Å². The average Bonchev–Trinajstić information content (AvgIpc) is 3.68. The topological polar surface area (TPSA) is 142 Å². The SMILES string of the molecule is C=CC(=O)N1CC[C@@H](Nc2n[nH]c3nccc(-c4ccc(CNC(=O)c5noc(CC)n5)c(F)c4)c23)C1. The minimum absolute atomic E-state index is 0.0128. The van der Waals surface area contributed by atoms with Crippen molar-refractivity contribution in [3.63, 3.8) is 0 Å². The smallest absolute Gasteiger partial charge is 0.292 e. The fraction of sp³-hybridized carbons (Fsp3) is 0.280. The summed E-state index contributed by atoms with van der Waals surface area (Å²) in [5.74, 6) is -0.275. The molecular weight excluding hydrogens is 479 g/mol. The summed E-state index contributed by atoms with van der Waals surface area (Å²) in [6.45, 7) is 6.51. The zero-order valence-electron chi connectivity index (χ0n) is 20.1. The number of benzene rings is 1. The van der Waals surface area contributed by atoms with Crippen LogP contribution in [0.2, 0.25) is 0 Å². The number of anilines is 1. The first kappa shape index (κ1) is 24.1. The van der Waals surface area contributed by atoms with E-state index < -0.39 is 11.7 Å². The second-order valence-corrected chi connectivity index (χ2v) is 8.63. The van der Waals surface area contributed by atoms with Gasteiger partial charge in [-0.2, -0.15) is 10.1 Å². The van der Waals surface area contributed by atoms with Gasteiger partial charge in [0.1, 0.15) is 5.82 Å². The van der Waals surface area contributed by atoms with Crippen LogP contribution in [0.25, 0.3) is 22.2 Å². The third kappa shape index (κ3) is 4.90. The highest BCUT2D eigenvalue weighted by Gasteiger charge is 2.26. The summed E-state index contributed by atoms with van der Waals surface area (Å²) >= 11 is 0. The van der Waals surface area contributed by atoms with Gasteiger partial charge in [0.15, 0.2) is 11.5 Å². The molecule has 0 unspecified atom stereocenters. The molecule has 0 bridgehead atoms. The molecule has 5 rings (SSSR count). The number of fused-ring (bicyclic) bond motifs is 1. The maximum Gasteiger partial charge on any atom is 0.292 e. The van der Waals surface area contributed by atoms with Gasteiger partial charge in [-0.05, 0) is 35.8 Å². The number of rotatable bonds is 8. The van der Waals surface area contributed by atoms with Gasteiger partial charge in [-0.1, -0.05) is 30.8 Å². The Kier molecular flexibility index (Phi) is 6.62. The van der Waals surface area contributed by atoms with Crippen molar-refractivity contribution in [1.82, 2.24) is 35.5 Å². The third-order valence-electron chi connectivity index (χ3n) is 6.25. The fourth-order valence-corrected chi connectivity index (χ4v) is 4.30. The van der Waals surface area contributed by atoms with Crippen molar-refractivity contribution in [2.24, 2.45) is 0 Å². The van der Waals surface area contributed by atoms with Crippen LogP contribution < -0.4 is 10.6 Å². The van der Waals surface area contributed by atoms with E-state index >= 15 is 4.39 Å². The number of halogens is 1. The Bertz CT molecular complexity index is 1480. The van der Waals surface area contributed by atoms with Gasteiger partial charge in [0.25, 0.3) is 11.7 Å². The highest BCUT2D eigenvalue weighted by molar-refractivity contribution is 6.00. The predicted molar refractivity (Wildman–Crippen MR) is 133 cm³/mol. The predicted octanol–water partition coefficient (Wildman–Crippen LogP) is 2.84. The Balaban J connectivity index is 1.34. The van der Waals surface area contributed by atoms with Crippen molar-refractivity contribution in [2.45, 2.75) is 32.4 Å². The number of hydrogen-bond donors (Lipinski definition) is 3. The number of aromatic amines is 1. The van der Waals surface area contributed by atoms with Gasteiger partial charge < -0.3 is 20.1 Å². The lowest BCUT2D eigenvalue weighted by molar-refractivity contribution is -0.125. The molecule has 3 aromatic heterocycles. The monoisotopic (exact) mass is 504 g/mol. The van der Waals surface area contributed by atoms with E-state index in [2.05, 4.69) is 42.5 Å². The molecule has 3 N–H and O–H groups in total. The van der Waals surface area contributed by atoms with Crippen molar-refractivity contribution in [3.05, 3.63) is 66.2 Å². The largest absolute Gasteiger partial charge is 0.363 e. The van der Waals surface area contributed by atoms with Gasteiger partial charge in [0.2, 0.25) is 11.8 Å². The number of nitrogens with zero attached hydrogens (tertiary/aromatic N) is 5. The summed E-state index contributed by atoms with van der Waals surface area (Å²) < 4.78 is 20.0. The van der Waals surface area contributed by atoms with Gasteiger partial charge >= 0.3 is 0 Å². The zero-order chi connectivity index (χ0) is 25.9. The molecule has 12 heteroatoms. The molecule has 11 nitrogen and oxygen atoms in total. The lowest BCUT2D eigenvalue weighted by atomic mass is 10.0. The van der Waals surface area contributed by atoms with E-state index in [-0.39, 0.29) is 24.3 Å². The first-order valence-corrected chi connectivity index (χ1v) is 11.9.